The second-order valence-electron chi connectivity index (χ2n) is 7.94. The number of ether oxygens (including phenoxy) is 1. The number of carbonyl (C=O) groups is 1. The summed E-state index contributed by atoms with van der Waals surface area (Å²) in [6.07, 6.45) is 5.82. The number of carbonyl (C=O) groups excluding carboxylic acids is 1. The zero-order chi connectivity index (χ0) is 20.7. The number of hydrogen-bond acceptors (Lipinski definition) is 5. The van der Waals surface area contributed by atoms with Crippen LogP contribution >= 0.6 is 0 Å². The van der Waals surface area contributed by atoms with Gasteiger partial charge in [0, 0.05) is 29.7 Å². The summed E-state index contributed by atoms with van der Waals surface area (Å²) >= 11 is 0. The molecule has 0 atom stereocenters. The maximum Gasteiger partial charge on any atom is 0.351 e. The van der Waals surface area contributed by atoms with E-state index >= 15 is 0 Å². The number of aryl methyl sites for hydroxylation is 2. The topological polar surface area (TPSA) is 59.8 Å². The third kappa shape index (κ3) is 3.20. The fourth-order valence-electron chi connectivity index (χ4n) is 4.56. The molecule has 0 fully saturated rings. The van der Waals surface area contributed by atoms with Crippen LogP contribution in [-0.4, -0.2) is 19.1 Å². The van der Waals surface area contributed by atoms with E-state index in [0.717, 1.165) is 60.8 Å². The first kappa shape index (κ1) is 18.7. The monoisotopic (exact) mass is 401 g/mol. The third-order valence-electron chi connectivity index (χ3n) is 6.02. The fraction of sp³-hybridized carbons (Fsp3) is 0.280. The molecule has 0 saturated heterocycles. The lowest BCUT2D eigenvalue weighted by molar-refractivity contribution is 0.0468. The minimum Gasteiger partial charge on any atom is -0.457 e. The van der Waals surface area contributed by atoms with Gasteiger partial charge in [0.15, 0.2) is 0 Å². The molecule has 2 aliphatic heterocycles. The molecule has 5 rings (SSSR count). The molecule has 3 aromatic rings. The Labute approximate surface area is 174 Å². The van der Waals surface area contributed by atoms with Crippen LogP contribution in [-0.2, 0) is 24.2 Å². The van der Waals surface area contributed by atoms with E-state index in [1.165, 1.54) is 11.3 Å². The molecule has 0 saturated carbocycles. The predicted octanol–water partition coefficient (Wildman–Crippen LogP) is 4.49. The van der Waals surface area contributed by atoms with E-state index in [1.807, 2.05) is 24.3 Å². The molecule has 30 heavy (non-hydrogen) atoms. The van der Waals surface area contributed by atoms with Gasteiger partial charge in [-0.15, -0.1) is 0 Å². The fourth-order valence-corrected chi connectivity index (χ4v) is 4.56. The van der Waals surface area contributed by atoms with E-state index in [1.54, 1.807) is 12.1 Å². The van der Waals surface area contributed by atoms with Gasteiger partial charge in [0.05, 0.1) is 0 Å². The number of rotatable bonds is 4. The van der Waals surface area contributed by atoms with Crippen molar-refractivity contribution in [2.45, 2.75) is 32.3 Å². The molecule has 0 unspecified atom stereocenters. The van der Waals surface area contributed by atoms with Gasteiger partial charge in [0.25, 0.3) is 0 Å². The second-order valence-corrected chi connectivity index (χ2v) is 7.94. The van der Waals surface area contributed by atoms with Gasteiger partial charge >= 0.3 is 11.6 Å². The number of hydrogen-bond donors (Lipinski definition) is 0. The molecular weight excluding hydrogens is 378 g/mol. The number of benzene rings is 2. The number of anilines is 1. The summed E-state index contributed by atoms with van der Waals surface area (Å²) in [6.45, 7) is 5.92. The summed E-state index contributed by atoms with van der Waals surface area (Å²) < 4.78 is 11.1. The molecule has 3 heterocycles. The van der Waals surface area contributed by atoms with E-state index in [4.69, 9.17) is 9.15 Å². The van der Waals surface area contributed by atoms with E-state index < -0.39 is 11.6 Å². The lowest BCUT2D eigenvalue weighted by atomic mass is 9.90. The average molecular weight is 401 g/mol. The van der Waals surface area contributed by atoms with Gasteiger partial charge in [-0.1, -0.05) is 36.9 Å². The van der Waals surface area contributed by atoms with E-state index in [0.29, 0.717) is 5.58 Å². The predicted molar refractivity (Wildman–Crippen MR) is 117 cm³/mol. The summed E-state index contributed by atoms with van der Waals surface area (Å²) in [6, 6.07) is 11.2. The molecule has 2 aliphatic rings. The van der Waals surface area contributed by atoms with Crippen molar-refractivity contribution in [2.24, 2.45) is 0 Å². The molecule has 0 radical (unpaired) electrons. The first-order chi connectivity index (χ1) is 14.6. The first-order valence-corrected chi connectivity index (χ1v) is 10.4. The largest absolute Gasteiger partial charge is 0.457 e. The minimum absolute atomic E-state index is 0.0548. The van der Waals surface area contributed by atoms with Crippen molar-refractivity contribution < 1.29 is 13.9 Å². The SMILES string of the molecule is C=Cc1ccc(COC(=O)c2cc3cc4c5c(c3oc2=O)CCCN5CCC4)cc1. The zero-order valence-corrected chi connectivity index (χ0v) is 16.8. The van der Waals surface area contributed by atoms with Crippen LogP contribution in [0.1, 0.15) is 45.5 Å². The van der Waals surface area contributed by atoms with Crippen molar-refractivity contribution in [1.82, 2.24) is 0 Å². The van der Waals surface area contributed by atoms with Crippen LogP contribution in [0.2, 0.25) is 0 Å². The Hall–Kier alpha value is -3.34. The molecule has 0 spiro atoms. The van der Waals surface area contributed by atoms with Gasteiger partial charge in [-0.2, -0.15) is 0 Å². The second kappa shape index (κ2) is 7.48. The molecule has 2 aromatic carbocycles. The van der Waals surface area contributed by atoms with Crippen LogP contribution in [0, 0.1) is 0 Å². The Morgan fingerprint density at radius 2 is 1.90 bits per heavy atom. The van der Waals surface area contributed by atoms with Crippen molar-refractivity contribution in [3.63, 3.8) is 0 Å². The highest BCUT2D eigenvalue weighted by Crippen LogP contribution is 2.39. The molecule has 0 bridgehead atoms. The van der Waals surface area contributed by atoms with Gasteiger partial charge in [-0.3, -0.25) is 0 Å². The third-order valence-corrected chi connectivity index (χ3v) is 6.02. The van der Waals surface area contributed by atoms with Crippen LogP contribution in [0.25, 0.3) is 17.0 Å². The number of fused-ring (bicyclic) bond motifs is 2. The highest BCUT2D eigenvalue weighted by Gasteiger charge is 2.27. The normalized spacial score (nSPS) is 15.0. The maximum atomic E-state index is 12.6. The van der Waals surface area contributed by atoms with E-state index in [9.17, 15) is 9.59 Å². The standard InChI is InChI=1S/C25H23NO4/c1-2-16-7-9-17(10-8-16)15-29-24(27)21-14-19-13-18-5-3-11-26-12-4-6-20(22(18)26)23(19)30-25(21)28/h2,7-10,13-14H,1,3-6,11-12,15H2. The van der Waals surface area contributed by atoms with Crippen molar-refractivity contribution in [1.29, 1.82) is 0 Å². The summed E-state index contributed by atoms with van der Waals surface area (Å²) in [7, 11) is 0. The Morgan fingerprint density at radius 1 is 1.13 bits per heavy atom. The molecule has 5 heteroatoms. The van der Waals surface area contributed by atoms with Crippen LogP contribution in [0.4, 0.5) is 5.69 Å². The Kier molecular flexibility index (Phi) is 4.66. The molecule has 152 valence electrons. The minimum atomic E-state index is -0.661. The van der Waals surface area contributed by atoms with Crippen molar-refractivity contribution >= 4 is 28.7 Å². The number of esters is 1. The van der Waals surface area contributed by atoms with Gasteiger partial charge < -0.3 is 14.1 Å². The zero-order valence-electron chi connectivity index (χ0n) is 16.8. The average Bonchev–Trinajstić information content (AvgIpc) is 2.78. The Morgan fingerprint density at radius 3 is 2.67 bits per heavy atom. The molecule has 0 N–H and O–H groups in total. The quantitative estimate of drug-likeness (QED) is 0.476. The lowest BCUT2D eigenvalue weighted by Gasteiger charge is -2.37. The van der Waals surface area contributed by atoms with Crippen LogP contribution in [0.3, 0.4) is 0 Å². The van der Waals surface area contributed by atoms with Crippen LogP contribution in [0.5, 0.6) is 0 Å². The Balaban J connectivity index is 1.47. The van der Waals surface area contributed by atoms with Gasteiger partial charge in [0.2, 0.25) is 0 Å². The first-order valence-electron chi connectivity index (χ1n) is 10.4. The van der Waals surface area contributed by atoms with Gasteiger partial charge in [-0.25, -0.2) is 9.59 Å². The van der Waals surface area contributed by atoms with Crippen molar-refractivity contribution in [2.75, 3.05) is 18.0 Å². The van der Waals surface area contributed by atoms with Crippen LogP contribution in [0.15, 0.2) is 52.2 Å². The van der Waals surface area contributed by atoms with Crippen molar-refractivity contribution in [3.8, 4) is 0 Å². The Bertz CT molecular complexity index is 1200. The molecule has 0 aliphatic carbocycles. The smallest absolute Gasteiger partial charge is 0.351 e. The summed E-state index contributed by atoms with van der Waals surface area (Å²) in [5.41, 5.74) is 5.37. The van der Waals surface area contributed by atoms with Crippen LogP contribution < -0.4 is 10.5 Å². The van der Waals surface area contributed by atoms with Gasteiger partial charge in [-0.05, 0) is 54.5 Å². The lowest BCUT2D eigenvalue weighted by Crippen LogP contribution is -2.34. The molecular formula is C25H23NO4. The molecule has 1 aromatic heterocycles. The molecule has 5 nitrogen and oxygen atoms in total. The summed E-state index contributed by atoms with van der Waals surface area (Å²) in [5.74, 6) is -0.661. The van der Waals surface area contributed by atoms with E-state index in [2.05, 4.69) is 17.5 Å². The van der Waals surface area contributed by atoms with Crippen molar-refractivity contribution in [3.05, 3.63) is 81.2 Å². The summed E-state index contributed by atoms with van der Waals surface area (Å²) in [4.78, 5) is 27.6. The molecule has 0 amide bonds. The summed E-state index contributed by atoms with van der Waals surface area (Å²) in [5, 5.41) is 0.800. The van der Waals surface area contributed by atoms with Gasteiger partial charge in [0.1, 0.15) is 17.8 Å². The number of nitrogens with zero attached hydrogens (tertiary/aromatic N) is 1. The maximum absolute atomic E-state index is 12.6. The highest BCUT2D eigenvalue weighted by atomic mass is 16.5. The highest BCUT2D eigenvalue weighted by molar-refractivity contribution is 5.95. The van der Waals surface area contributed by atoms with E-state index in [-0.39, 0.29) is 12.2 Å².